The molecule has 640 valence electrons. The lowest BCUT2D eigenvalue weighted by molar-refractivity contribution is -0.0776. The molecule has 24 N–H and O–H groups in total. The zero-order valence-corrected chi connectivity index (χ0v) is 65.5. The fourth-order valence-corrected chi connectivity index (χ4v) is 14.5. The minimum Gasteiger partial charge on any atom is -0.391 e. The third-order valence-electron chi connectivity index (χ3n) is 19.7. The molecule has 5 aliphatic rings. The van der Waals surface area contributed by atoms with Crippen LogP contribution in [-0.4, -0.2) is 259 Å². The van der Waals surface area contributed by atoms with Crippen LogP contribution < -0.4 is 45.3 Å². The molecule has 41 nitrogen and oxygen atoms in total. The van der Waals surface area contributed by atoms with Gasteiger partial charge in [-0.25, -0.2) is 51.3 Å². The Labute approximate surface area is 676 Å². The zero-order chi connectivity index (χ0) is 88.2. The van der Waals surface area contributed by atoms with E-state index in [1.165, 1.54) is 114 Å². The molecule has 10 aromatic heterocycles. The van der Waals surface area contributed by atoms with Crippen LogP contribution in [0.5, 0.6) is 0 Å². The lowest BCUT2D eigenvalue weighted by Crippen LogP contribution is -2.44. The van der Waals surface area contributed by atoms with Crippen molar-refractivity contribution in [1.29, 1.82) is 0 Å². The van der Waals surface area contributed by atoms with Crippen molar-refractivity contribution in [2.24, 2.45) is 0 Å². The summed E-state index contributed by atoms with van der Waals surface area (Å²) in [5, 5.41) is 99.7. The highest BCUT2D eigenvalue weighted by Gasteiger charge is 2.64. The maximum absolute atomic E-state index is 15.5. The van der Waals surface area contributed by atoms with Crippen LogP contribution in [0.2, 0.25) is 0 Å². The Morgan fingerprint density at radius 1 is 0.442 bits per heavy atom. The number of H-pyrrole nitrogens is 4. The van der Waals surface area contributed by atoms with E-state index < -0.39 is 179 Å². The number of hydrogen-bond acceptors (Lipinski definition) is 33. The number of anilines is 5. The number of ether oxygens (including phenoxy) is 5. The fourth-order valence-electron chi connectivity index (χ4n) is 14.2. The van der Waals surface area contributed by atoms with Gasteiger partial charge in [0.05, 0.1) is 61.1 Å². The zero-order valence-electron chi connectivity index (χ0n) is 64.7. The molecule has 120 heavy (non-hydrogen) atoms. The predicted octanol–water partition coefficient (Wildman–Crippen LogP) is -1.21. The van der Waals surface area contributed by atoms with Gasteiger partial charge in [-0.15, -0.1) is 29.6 Å². The molecular weight excluding hydrogens is 1620 g/mol. The summed E-state index contributed by atoms with van der Waals surface area (Å²) in [6.45, 7) is 14.0. The maximum Gasteiger partial charge on any atom is 0.280 e. The first-order valence-corrected chi connectivity index (χ1v) is 36.4. The van der Waals surface area contributed by atoms with E-state index in [1.807, 2.05) is 0 Å². The van der Waals surface area contributed by atoms with Gasteiger partial charge < -0.3 is 113 Å². The quantitative estimate of drug-likeness (QED) is 0.0434. The number of aromatic amines is 4. The average Bonchev–Trinajstić information content (AvgIpc) is 1.61. The van der Waals surface area contributed by atoms with Gasteiger partial charge in [-0.3, -0.25) is 47.6 Å². The van der Waals surface area contributed by atoms with Gasteiger partial charge in [0, 0.05) is 12.4 Å². The van der Waals surface area contributed by atoms with Gasteiger partial charge in [0.15, 0.2) is 75.7 Å². The molecule has 48 heteroatoms. The topological polar surface area (TPSA) is 634 Å². The molecule has 0 amide bonds. The Morgan fingerprint density at radius 3 is 1.23 bits per heavy atom. The number of halogens is 6. The van der Waals surface area contributed by atoms with Gasteiger partial charge >= 0.3 is 0 Å². The standard InChI is InChI=1S/C15H16F2N4O4.C15H17FN4O4.C14H16FN5O4.C14H16FN5O3S.C14H16FN5O3/c1-3-4-15(17)10(23)9(6(2)22)25-13(15)21-5-7(16)8-11(21)19-14(18)20-12(8)24;1-3-5-15(16)10(22)9(7(2)21)24-13(15)20-6-4-8-11(20)18-14(17)19-12(8)23;1-3-4-14(15)9(22)8(6(2)21)24-12(14)20-5-17-7-10(20)18-13(16)19-11(7)23;1-3-4-14(15)9(22)8(6(2)21)23-12(14)20-5-17-7-10(20)18-13(16)19-11(7)24;1-3-4-14(15)10(22)9(7(2)21)23-12(14)20-6-18-8-5-17-13(16)19-11(8)20/h5-6,9-10,13,22-23H,1-2H3,(H3,18,19,20,24);4,6-7,9-10,13,21-22H,1-2H3,(H3,17,18,19,23);5-6,8-9,12,21-22H,1-2H3,(H3,16,18,19,23);5-6,8-9,12,21-22H,1-2H3,(H3,16,18,19,24);5-7,9-10,12,21-22H,1-2H3,(H2,16,17,19)/t6-,9+,10-,13+,15?;7-,9+,10-,13+,15?;2*6-,8+,9-,12+,14?;7-,9+,10-,12+,14?/m00000/s1. The predicted molar refractivity (Wildman–Crippen MR) is 413 cm³/mol. The highest BCUT2D eigenvalue weighted by Crippen LogP contribution is 2.49. The van der Waals surface area contributed by atoms with E-state index in [9.17, 15) is 69.8 Å². The lowest BCUT2D eigenvalue weighted by atomic mass is 9.94. The van der Waals surface area contributed by atoms with Crippen molar-refractivity contribution in [3.63, 3.8) is 0 Å². The maximum atomic E-state index is 15.5. The Kier molecular flexibility index (Phi) is 25.4. The number of alkyl halides is 5. The second kappa shape index (κ2) is 34.2. The third-order valence-corrected chi connectivity index (χ3v) is 19.9. The number of nitrogens with zero attached hydrogens (tertiary/aromatic N) is 14. The molecule has 0 bridgehead atoms. The number of rotatable bonds is 10. The van der Waals surface area contributed by atoms with Crippen molar-refractivity contribution in [1.82, 2.24) is 87.6 Å². The summed E-state index contributed by atoms with van der Waals surface area (Å²) in [6, 6.07) is 1.44. The Morgan fingerprint density at radius 2 is 0.792 bits per heavy atom. The Bertz CT molecular complexity index is 5790. The van der Waals surface area contributed by atoms with Crippen LogP contribution in [0.1, 0.15) is 100 Å². The molecule has 25 atom stereocenters. The molecule has 0 radical (unpaired) electrons. The molecule has 0 aliphatic carbocycles. The summed E-state index contributed by atoms with van der Waals surface area (Å²) in [5.74, 6) is 22.1. The normalized spacial score (nSPS) is 31.0. The largest absolute Gasteiger partial charge is 0.391 e. The summed E-state index contributed by atoms with van der Waals surface area (Å²) >= 11 is 5.09. The van der Waals surface area contributed by atoms with Crippen LogP contribution in [0, 0.1) is 69.7 Å². The monoisotopic (exact) mass is 1700 g/mol. The van der Waals surface area contributed by atoms with Crippen molar-refractivity contribution >= 4 is 97.5 Å². The van der Waals surface area contributed by atoms with Crippen LogP contribution in [0.4, 0.5) is 56.1 Å². The number of aliphatic hydroxyl groups is 10. The Hall–Kier alpha value is -11.7. The van der Waals surface area contributed by atoms with Crippen LogP contribution in [0.25, 0.3) is 55.6 Å². The second-order valence-electron chi connectivity index (χ2n) is 28.0. The van der Waals surface area contributed by atoms with Crippen molar-refractivity contribution in [3.05, 3.63) is 85.2 Å². The van der Waals surface area contributed by atoms with E-state index in [2.05, 4.69) is 124 Å². The molecule has 15 rings (SSSR count). The molecule has 15 heterocycles. The highest BCUT2D eigenvalue weighted by molar-refractivity contribution is 7.71. The molecule has 5 saturated heterocycles. The molecule has 5 unspecified atom stereocenters. The number of nitrogens with two attached hydrogens (primary N) is 5. The second-order valence-corrected chi connectivity index (χ2v) is 28.4. The van der Waals surface area contributed by atoms with Crippen LogP contribution in [0.15, 0.2) is 58.0 Å². The van der Waals surface area contributed by atoms with Crippen molar-refractivity contribution in [3.8, 4) is 59.2 Å². The summed E-state index contributed by atoms with van der Waals surface area (Å²) in [4.78, 5) is 80.7. The molecule has 0 saturated carbocycles. The Balaban J connectivity index is 0.000000147. The first-order chi connectivity index (χ1) is 56.5. The number of aliphatic hydroxyl groups excluding tert-OH is 10. The fraction of sp³-hybridized carbons (Fsp3) is 0.486. The SMILES string of the molecule is CC#CC1(F)[C@@H](O)[C@@H]([C@H](C)O)O[C@H]1n1cc(F)c2c(=O)[nH]c(N)nc21.CC#CC1(F)[C@@H](O)[C@@H]([C@H](C)O)O[C@H]1n1ccc2c(=O)[nH]c(N)nc21.CC#CC1(F)[C@@H](O)[C@@H]([C@H](C)O)O[C@H]1n1cnc2c(=O)[nH]c(N)nc21.CC#CC1(F)[C@@H](O)[C@@H]([C@H](C)O)O[C@H]1n1cnc2c(=S)nc(N)[nH]c21.CC#CC1(F)[C@@H](O)[C@@H]([C@H](C)O)O[C@H]1n1cnc2cnc(N)nc21. The summed E-state index contributed by atoms with van der Waals surface area (Å²) in [5.41, 5.74) is 14.3. The van der Waals surface area contributed by atoms with Crippen LogP contribution in [-0.2, 0) is 23.7 Å². The average molecular weight is 1700 g/mol. The van der Waals surface area contributed by atoms with Crippen molar-refractivity contribution in [2.75, 3.05) is 28.7 Å². The lowest BCUT2D eigenvalue weighted by Gasteiger charge is -2.24. The van der Waals surface area contributed by atoms with E-state index in [0.717, 1.165) is 21.7 Å². The van der Waals surface area contributed by atoms with Gasteiger partial charge in [0.1, 0.15) is 83.1 Å². The molecule has 10 aromatic rings. The summed E-state index contributed by atoms with van der Waals surface area (Å²) < 4.78 is 125. The van der Waals surface area contributed by atoms with Crippen molar-refractivity contribution < 1.29 is 101 Å². The minimum absolute atomic E-state index is 0.00379. The van der Waals surface area contributed by atoms with E-state index in [-0.39, 0.29) is 73.5 Å². The molecule has 0 spiro atoms. The van der Waals surface area contributed by atoms with E-state index in [0.29, 0.717) is 11.0 Å². The van der Waals surface area contributed by atoms with E-state index >= 15 is 22.0 Å². The third kappa shape index (κ3) is 15.8. The van der Waals surface area contributed by atoms with Gasteiger partial charge in [0.2, 0.25) is 52.1 Å². The first-order valence-electron chi connectivity index (χ1n) is 36.0. The first kappa shape index (κ1) is 89.1. The number of imidazole rings is 3. The summed E-state index contributed by atoms with van der Waals surface area (Å²) in [6.07, 6.45) is -19.9. The van der Waals surface area contributed by atoms with Gasteiger partial charge in [-0.2, -0.15) is 19.9 Å². The summed E-state index contributed by atoms with van der Waals surface area (Å²) in [7, 11) is 0. The van der Waals surface area contributed by atoms with Crippen LogP contribution in [0.3, 0.4) is 0 Å². The highest BCUT2D eigenvalue weighted by atomic mass is 32.1. The molecule has 5 fully saturated rings. The number of fused-ring (bicyclic) bond motifs is 5. The number of nitrogen functional groups attached to an aromatic ring is 5. The molecular formula is C72H81F6N23O18S. The molecule has 0 aromatic carbocycles. The smallest absolute Gasteiger partial charge is 0.280 e. The van der Waals surface area contributed by atoms with E-state index in [1.54, 1.807) is 0 Å². The number of hydrogen-bond donors (Lipinski definition) is 19. The minimum atomic E-state index is -2.66. The van der Waals surface area contributed by atoms with Crippen LogP contribution >= 0.6 is 12.2 Å². The van der Waals surface area contributed by atoms with Gasteiger partial charge in [-0.05, 0) is 75.3 Å². The van der Waals surface area contributed by atoms with Crippen molar-refractivity contribution in [2.45, 2.75) is 220 Å². The van der Waals surface area contributed by atoms with E-state index in [4.69, 9.17) is 64.6 Å². The molecule has 5 aliphatic heterocycles. The van der Waals surface area contributed by atoms with Gasteiger partial charge in [-0.1, -0.05) is 41.8 Å². The number of aromatic nitrogens is 18. The number of nitrogens with one attached hydrogen (secondary N) is 4. The van der Waals surface area contributed by atoms with Gasteiger partial charge in [0.25, 0.3) is 16.7 Å².